The van der Waals surface area contributed by atoms with Gasteiger partial charge in [-0.3, -0.25) is 9.69 Å². The van der Waals surface area contributed by atoms with Gasteiger partial charge in [-0.2, -0.15) is 18.4 Å². The molecule has 1 amide bonds. The van der Waals surface area contributed by atoms with Gasteiger partial charge in [-0.25, -0.2) is 0 Å². The highest BCUT2D eigenvalue weighted by Crippen LogP contribution is 2.38. The first-order chi connectivity index (χ1) is 16.3. The molecule has 0 atom stereocenters. The fraction of sp³-hybridized carbons (Fsp3) is 0.0800. The van der Waals surface area contributed by atoms with Gasteiger partial charge >= 0.3 is 6.18 Å². The molecule has 1 heterocycles. The number of nitriles is 1. The number of amides is 1. The van der Waals surface area contributed by atoms with E-state index in [1.54, 1.807) is 42.5 Å². The Balaban J connectivity index is 1.48. The van der Waals surface area contributed by atoms with E-state index in [2.05, 4.69) is 6.07 Å². The van der Waals surface area contributed by atoms with Crippen molar-refractivity contribution in [2.75, 3.05) is 4.90 Å². The van der Waals surface area contributed by atoms with Crippen LogP contribution in [-0.2, 0) is 17.6 Å². The van der Waals surface area contributed by atoms with Crippen molar-refractivity contribution < 1.29 is 22.7 Å². The summed E-state index contributed by atoms with van der Waals surface area (Å²) < 4.78 is 45.1. The third-order valence-corrected chi connectivity index (χ3v) is 6.24. The number of carbonyl (C=O) groups is 1. The zero-order chi connectivity index (χ0) is 24.3. The molecule has 1 fully saturated rings. The van der Waals surface area contributed by atoms with Gasteiger partial charge in [0.1, 0.15) is 12.4 Å². The van der Waals surface area contributed by atoms with Crippen LogP contribution in [0.5, 0.6) is 5.75 Å². The quantitative estimate of drug-likeness (QED) is 0.296. The number of thiocarbonyl (C=S) groups is 1. The summed E-state index contributed by atoms with van der Waals surface area (Å²) in [6.45, 7) is 0.235. The molecule has 0 aliphatic carbocycles. The van der Waals surface area contributed by atoms with Gasteiger partial charge in [-0.1, -0.05) is 60.4 Å². The number of hydrogen-bond donors (Lipinski definition) is 0. The third kappa shape index (κ3) is 5.14. The van der Waals surface area contributed by atoms with Crippen LogP contribution >= 0.6 is 24.0 Å². The molecule has 0 saturated carbocycles. The van der Waals surface area contributed by atoms with Crippen LogP contribution in [0.4, 0.5) is 18.9 Å². The highest BCUT2D eigenvalue weighted by atomic mass is 32.2. The van der Waals surface area contributed by atoms with Crippen molar-refractivity contribution in [3.63, 3.8) is 0 Å². The Bertz CT molecular complexity index is 1330. The van der Waals surface area contributed by atoms with Crippen molar-refractivity contribution in [2.24, 2.45) is 0 Å². The van der Waals surface area contributed by atoms with Crippen LogP contribution in [-0.4, -0.2) is 10.2 Å². The van der Waals surface area contributed by atoms with Gasteiger partial charge in [-0.15, -0.1) is 0 Å². The number of alkyl halides is 3. The van der Waals surface area contributed by atoms with Crippen LogP contribution in [0.25, 0.3) is 6.08 Å². The third-order valence-electron chi connectivity index (χ3n) is 4.94. The molecule has 34 heavy (non-hydrogen) atoms. The molecule has 0 spiro atoms. The molecule has 0 unspecified atom stereocenters. The zero-order valence-electron chi connectivity index (χ0n) is 17.4. The average molecular weight is 497 g/mol. The minimum absolute atomic E-state index is 0.0714. The van der Waals surface area contributed by atoms with E-state index >= 15 is 0 Å². The van der Waals surface area contributed by atoms with Gasteiger partial charge in [0.2, 0.25) is 0 Å². The minimum Gasteiger partial charge on any atom is -0.489 e. The SMILES string of the molecule is N#Cc1ccccc1COc1ccc(/C=C2/SC(=S)N(c3cccc(C(F)(F)F)c3)C2=O)cc1. The fourth-order valence-corrected chi connectivity index (χ4v) is 4.54. The van der Waals surface area contributed by atoms with Gasteiger partial charge in [-0.05, 0) is 48.0 Å². The zero-order valence-corrected chi connectivity index (χ0v) is 19.0. The highest BCUT2D eigenvalue weighted by Gasteiger charge is 2.36. The largest absolute Gasteiger partial charge is 0.489 e. The van der Waals surface area contributed by atoms with Crippen molar-refractivity contribution in [1.82, 2.24) is 0 Å². The van der Waals surface area contributed by atoms with Crippen LogP contribution in [0.3, 0.4) is 0 Å². The Morgan fingerprint density at radius 3 is 2.50 bits per heavy atom. The van der Waals surface area contributed by atoms with E-state index in [1.165, 1.54) is 12.1 Å². The molecule has 9 heteroatoms. The Morgan fingerprint density at radius 2 is 1.79 bits per heavy atom. The van der Waals surface area contributed by atoms with Crippen molar-refractivity contribution in [3.05, 3.63) is 100.0 Å². The highest BCUT2D eigenvalue weighted by molar-refractivity contribution is 8.27. The van der Waals surface area contributed by atoms with E-state index in [0.717, 1.165) is 34.4 Å². The predicted octanol–water partition coefficient (Wildman–Crippen LogP) is 6.56. The number of carbonyl (C=O) groups excluding carboxylic acids is 1. The molecule has 4 rings (SSSR count). The normalized spacial score (nSPS) is 15.0. The van der Waals surface area contributed by atoms with Gasteiger partial charge in [0.25, 0.3) is 5.91 Å². The molecule has 4 nitrogen and oxygen atoms in total. The van der Waals surface area contributed by atoms with Crippen molar-refractivity contribution in [3.8, 4) is 11.8 Å². The second kappa shape index (κ2) is 9.71. The Labute approximate surface area is 203 Å². The Morgan fingerprint density at radius 1 is 1.06 bits per heavy atom. The van der Waals surface area contributed by atoms with Gasteiger partial charge in [0.15, 0.2) is 4.32 Å². The van der Waals surface area contributed by atoms with Gasteiger partial charge in [0, 0.05) is 5.56 Å². The number of rotatable bonds is 5. The van der Waals surface area contributed by atoms with Crippen LogP contribution in [0.1, 0.15) is 22.3 Å². The van der Waals surface area contributed by atoms with E-state index in [4.69, 9.17) is 22.2 Å². The summed E-state index contributed by atoms with van der Waals surface area (Å²) in [4.78, 5) is 14.3. The lowest BCUT2D eigenvalue weighted by molar-refractivity contribution is -0.137. The minimum atomic E-state index is -4.52. The van der Waals surface area contributed by atoms with Crippen molar-refractivity contribution >= 4 is 46.0 Å². The molecule has 1 aliphatic heterocycles. The number of hydrogen-bond acceptors (Lipinski definition) is 5. The predicted molar refractivity (Wildman–Crippen MR) is 129 cm³/mol. The summed E-state index contributed by atoms with van der Waals surface area (Å²) in [6.07, 6.45) is -2.89. The number of halogens is 3. The first-order valence-corrected chi connectivity index (χ1v) is 11.1. The first kappa shape index (κ1) is 23.5. The standard InChI is InChI=1S/C25H15F3N2O2S2/c26-25(27,28)19-6-3-7-20(13-19)30-23(31)22(34-24(30)33)12-16-8-10-21(11-9-16)32-15-18-5-2-1-4-17(18)14-29/h1-13H,15H2/b22-12+. The number of benzene rings is 3. The second-order valence-corrected chi connectivity index (χ2v) is 8.87. The molecule has 0 N–H and O–H groups in total. The van der Waals surface area contributed by atoms with E-state index < -0.39 is 17.6 Å². The number of anilines is 1. The van der Waals surface area contributed by atoms with Crippen LogP contribution in [0, 0.1) is 11.3 Å². The molecule has 0 bridgehead atoms. The lowest BCUT2D eigenvalue weighted by Gasteiger charge is -2.16. The topological polar surface area (TPSA) is 53.3 Å². The number of nitrogens with zero attached hydrogens (tertiary/aromatic N) is 2. The van der Waals surface area contributed by atoms with Crippen molar-refractivity contribution in [2.45, 2.75) is 12.8 Å². The summed E-state index contributed by atoms with van der Waals surface area (Å²) in [5, 5.41) is 9.16. The number of thioether (sulfide) groups is 1. The maximum atomic E-state index is 13.1. The molecule has 3 aromatic carbocycles. The summed E-state index contributed by atoms with van der Waals surface area (Å²) in [5.41, 5.74) is 1.24. The van der Waals surface area contributed by atoms with Crippen LogP contribution in [0.2, 0.25) is 0 Å². The van der Waals surface area contributed by atoms with E-state index in [0.29, 0.717) is 21.8 Å². The van der Waals surface area contributed by atoms with E-state index in [1.807, 2.05) is 12.1 Å². The molecule has 3 aromatic rings. The molecule has 1 saturated heterocycles. The first-order valence-electron chi connectivity index (χ1n) is 9.92. The summed E-state index contributed by atoms with van der Waals surface area (Å²) in [7, 11) is 0. The molecular weight excluding hydrogens is 481 g/mol. The molecule has 170 valence electrons. The second-order valence-electron chi connectivity index (χ2n) is 7.19. The Kier molecular flexibility index (Phi) is 6.72. The van der Waals surface area contributed by atoms with Gasteiger partial charge < -0.3 is 4.74 Å². The summed E-state index contributed by atoms with van der Waals surface area (Å²) >= 11 is 6.28. The summed E-state index contributed by atoms with van der Waals surface area (Å²) in [5.74, 6) is 0.101. The van der Waals surface area contributed by atoms with Crippen molar-refractivity contribution in [1.29, 1.82) is 5.26 Å². The van der Waals surface area contributed by atoms with Crippen LogP contribution in [0.15, 0.2) is 77.7 Å². The fourth-order valence-electron chi connectivity index (χ4n) is 3.24. The smallest absolute Gasteiger partial charge is 0.416 e. The average Bonchev–Trinajstić information content (AvgIpc) is 3.10. The molecule has 0 aromatic heterocycles. The van der Waals surface area contributed by atoms with Crippen LogP contribution < -0.4 is 9.64 Å². The lowest BCUT2D eigenvalue weighted by Crippen LogP contribution is -2.27. The molecular formula is C25H15F3N2O2S2. The van der Waals surface area contributed by atoms with E-state index in [9.17, 15) is 18.0 Å². The number of ether oxygens (including phenoxy) is 1. The molecule has 1 aliphatic rings. The maximum Gasteiger partial charge on any atom is 0.416 e. The van der Waals surface area contributed by atoms with Gasteiger partial charge in [0.05, 0.1) is 27.8 Å². The molecule has 0 radical (unpaired) electrons. The van der Waals surface area contributed by atoms with E-state index in [-0.39, 0.29) is 16.6 Å². The lowest BCUT2D eigenvalue weighted by atomic mass is 10.1. The Hall–Kier alpha value is -3.61. The maximum absolute atomic E-state index is 13.1. The monoisotopic (exact) mass is 496 g/mol. The summed E-state index contributed by atoms with van der Waals surface area (Å²) in [6, 6.07) is 20.8.